The average Bonchev–Trinajstić information content (AvgIpc) is 2.90. The highest BCUT2D eigenvalue weighted by Crippen LogP contribution is 2.30. The van der Waals surface area contributed by atoms with Gasteiger partial charge in [0.2, 0.25) is 5.88 Å². The molecule has 0 unspecified atom stereocenters. The molecule has 36 heavy (non-hydrogen) atoms. The number of aromatic nitrogens is 3. The molecule has 0 bridgehead atoms. The minimum atomic E-state index is -0.522. The molecule has 1 aliphatic heterocycles. The van der Waals surface area contributed by atoms with Crippen LogP contribution in [0.3, 0.4) is 0 Å². The number of likely N-dealkylation sites (N-methyl/N-ethyl adjacent to an activating group) is 1. The van der Waals surface area contributed by atoms with E-state index in [0.29, 0.717) is 17.7 Å². The fourth-order valence-electron chi connectivity index (χ4n) is 4.12. The lowest BCUT2D eigenvalue weighted by Gasteiger charge is -2.37. The number of pyridine rings is 1. The van der Waals surface area contributed by atoms with Crippen LogP contribution in [-0.2, 0) is 0 Å². The van der Waals surface area contributed by atoms with Gasteiger partial charge in [-0.2, -0.15) is 0 Å². The molecule has 3 heterocycles. The molecular formula is C26H28FN5O4. The number of carbonyl (C=O) groups is 2. The lowest BCUT2D eigenvalue weighted by atomic mass is 9.99. The summed E-state index contributed by atoms with van der Waals surface area (Å²) in [5.41, 5.74) is 1.81. The monoisotopic (exact) mass is 493 g/mol. The highest BCUT2D eigenvalue weighted by Gasteiger charge is 2.35. The maximum atomic E-state index is 13.7. The molecule has 1 aromatic carbocycles. The number of ether oxygens (including phenoxy) is 1. The van der Waals surface area contributed by atoms with Crippen molar-refractivity contribution in [2.75, 3.05) is 26.7 Å². The van der Waals surface area contributed by atoms with Gasteiger partial charge < -0.3 is 19.6 Å². The van der Waals surface area contributed by atoms with Crippen LogP contribution in [0.4, 0.5) is 4.39 Å². The third-order valence-electron chi connectivity index (χ3n) is 6.29. The van der Waals surface area contributed by atoms with Gasteiger partial charge in [-0.05, 0) is 31.2 Å². The van der Waals surface area contributed by atoms with Gasteiger partial charge >= 0.3 is 0 Å². The molecule has 3 aromatic rings. The standard InChI is InChI=1S/C26H28FN5O4/c1-16-12-32(17(2)14-33)26(35)22-8-19(20-9-28-15-29-10-20)11-30-24(22)36-23(16)13-31(3)25(34)18-5-4-6-21(27)7-18/h4-11,15-17,23,33H,12-14H2,1-3H3/t16-,17-,23+/m0/s1. The van der Waals surface area contributed by atoms with Gasteiger partial charge in [-0.3, -0.25) is 9.59 Å². The number of carbonyl (C=O) groups excluding carboxylic acids is 2. The highest BCUT2D eigenvalue weighted by molar-refractivity contribution is 5.98. The first-order valence-electron chi connectivity index (χ1n) is 11.6. The SMILES string of the molecule is C[C@H]1CN([C@@H](C)CO)C(=O)c2cc(-c3cncnc3)cnc2O[C@@H]1CN(C)C(=O)c1cccc(F)c1. The van der Waals surface area contributed by atoms with Gasteiger partial charge in [-0.15, -0.1) is 0 Å². The lowest BCUT2D eigenvalue weighted by molar-refractivity contribution is 0.0313. The molecular weight excluding hydrogens is 465 g/mol. The Hall–Kier alpha value is -3.92. The topological polar surface area (TPSA) is 109 Å². The predicted octanol–water partition coefficient (Wildman–Crippen LogP) is 2.67. The van der Waals surface area contributed by atoms with E-state index in [-0.39, 0.29) is 47.9 Å². The Morgan fingerprint density at radius 1 is 1.25 bits per heavy atom. The van der Waals surface area contributed by atoms with Crippen molar-refractivity contribution in [1.82, 2.24) is 24.8 Å². The van der Waals surface area contributed by atoms with Gasteiger partial charge in [0, 0.05) is 54.8 Å². The van der Waals surface area contributed by atoms with Crippen molar-refractivity contribution in [3.63, 3.8) is 0 Å². The Morgan fingerprint density at radius 3 is 2.69 bits per heavy atom. The largest absolute Gasteiger partial charge is 0.472 e. The van der Waals surface area contributed by atoms with Crippen LogP contribution >= 0.6 is 0 Å². The predicted molar refractivity (Wildman–Crippen MR) is 130 cm³/mol. The molecule has 188 valence electrons. The van der Waals surface area contributed by atoms with Crippen molar-refractivity contribution in [3.8, 4) is 17.0 Å². The molecule has 0 fully saturated rings. The summed E-state index contributed by atoms with van der Waals surface area (Å²) in [7, 11) is 1.62. The molecule has 1 aliphatic rings. The van der Waals surface area contributed by atoms with E-state index in [9.17, 15) is 19.1 Å². The second-order valence-electron chi connectivity index (χ2n) is 9.02. The van der Waals surface area contributed by atoms with Crippen LogP contribution in [0, 0.1) is 11.7 Å². The first-order chi connectivity index (χ1) is 17.3. The molecule has 0 saturated heterocycles. The molecule has 2 amide bonds. The number of nitrogens with zero attached hydrogens (tertiary/aromatic N) is 5. The van der Waals surface area contributed by atoms with Crippen molar-refractivity contribution in [2.45, 2.75) is 26.0 Å². The van der Waals surface area contributed by atoms with Gasteiger partial charge in [0.05, 0.1) is 19.2 Å². The smallest absolute Gasteiger partial charge is 0.259 e. The van der Waals surface area contributed by atoms with E-state index in [4.69, 9.17) is 4.74 Å². The van der Waals surface area contributed by atoms with Crippen molar-refractivity contribution in [1.29, 1.82) is 0 Å². The normalized spacial score (nSPS) is 18.5. The van der Waals surface area contributed by atoms with E-state index >= 15 is 0 Å². The summed E-state index contributed by atoms with van der Waals surface area (Å²) in [5, 5.41) is 9.83. The number of amides is 2. The molecule has 0 spiro atoms. The Bertz CT molecular complexity index is 1240. The van der Waals surface area contributed by atoms with Gasteiger partial charge in [-0.1, -0.05) is 13.0 Å². The van der Waals surface area contributed by atoms with Gasteiger partial charge in [0.25, 0.3) is 11.8 Å². The first kappa shape index (κ1) is 25.2. The number of hydrogen-bond donors (Lipinski definition) is 1. The fourth-order valence-corrected chi connectivity index (χ4v) is 4.12. The molecule has 0 saturated carbocycles. The van der Waals surface area contributed by atoms with Crippen LogP contribution in [0.2, 0.25) is 0 Å². The number of aliphatic hydroxyl groups excluding tert-OH is 1. The zero-order valence-electron chi connectivity index (χ0n) is 20.3. The third-order valence-corrected chi connectivity index (χ3v) is 6.29. The summed E-state index contributed by atoms with van der Waals surface area (Å²) < 4.78 is 19.9. The minimum absolute atomic E-state index is 0.138. The molecule has 4 rings (SSSR count). The van der Waals surface area contributed by atoms with E-state index < -0.39 is 18.0 Å². The second kappa shape index (κ2) is 10.8. The maximum absolute atomic E-state index is 13.7. The zero-order valence-corrected chi connectivity index (χ0v) is 20.3. The quantitative estimate of drug-likeness (QED) is 0.562. The Morgan fingerprint density at radius 2 is 2.00 bits per heavy atom. The Balaban J connectivity index is 1.67. The molecule has 10 heteroatoms. The van der Waals surface area contributed by atoms with Crippen LogP contribution in [-0.4, -0.2) is 80.6 Å². The van der Waals surface area contributed by atoms with Gasteiger partial charge in [0.15, 0.2) is 0 Å². The molecule has 1 N–H and O–H groups in total. The van der Waals surface area contributed by atoms with Crippen LogP contribution in [0.1, 0.15) is 34.6 Å². The Labute approximate surface area is 208 Å². The van der Waals surface area contributed by atoms with Crippen molar-refractivity contribution >= 4 is 11.8 Å². The van der Waals surface area contributed by atoms with Crippen LogP contribution in [0.15, 0.2) is 55.2 Å². The molecule has 0 aliphatic carbocycles. The minimum Gasteiger partial charge on any atom is -0.472 e. The summed E-state index contributed by atoms with van der Waals surface area (Å²) in [5.74, 6) is -1.22. The van der Waals surface area contributed by atoms with Gasteiger partial charge in [-0.25, -0.2) is 19.3 Å². The molecule has 0 radical (unpaired) electrons. The van der Waals surface area contributed by atoms with E-state index in [1.54, 1.807) is 49.6 Å². The third kappa shape index (κ3) is 5.33. The van der Waals surface area contributed by atoms with E-state index in [2.05, 4.69) is 15.0 Å². The van der Waals surface area contributed by atoms with Crippen LogP contribution < -0.4 is 4.74 Å². The number of hydrogen-bond acceptors (Lipinski definition) is 7. The summed E-state index contributed by atoms with van der Waals surface area (Å²) in [6.07, 6.45) is 5.71. The maximum Gasteiger partial charge on any atom is 0.259 e. The van der Waals surface area contributed by atoms with E-state index in [1.807, 2.05) is 6.92 Å². The molecule has 2 aromatic heterocycles. The van der Waals surface area contributed by atoms with Crippen molar-refractivity contribution < 1.29 is 23.8 Å². The first-order valence-corrected chi connectivity index (χ1v) is 11.6. The number of aliphatic hydroxyl groups is 1. The molecule has 3 atom stereocenters. The van der Waals surface area contributed by atoms with Crippen LogP contribution in [0.5, 0.6) is 5.88 Å². The summed E-state index contributed by atoms with van der Waals surface area (Å²) >= 11 is 0. The van der Waals surface area contributed by atoms with Crippen molar-refractivity contribution in [2.24, 2.45) is 5.92 Å². The summed E-state index contributed by atoms with van der Waals surface area (Å²) in [6.45, 7) is 3.95. The molecule has 9 nitrogen and oxygen atoms in total. The van der Waals surface area contributed by atoms with Crippen LogP contribution in [0.25, 0.3) is 11.1 Å². The number of rotatable bonds is 6. The van der Waals surface area contributed by atoms with Crippen molar-refractivity contribution in [3.05, 3.63) is 72.2 Å². The summed E-state index contributed by atoms with van der Waals surface area (Å²) in [6, 6.07) is 6.75. The van der Waals surface area contributed by atoms with E-state index in [1.165, 1.54) is 29.4 Å². The number of fused-ring (bicyclic) bond motifs is 1. The highest BCUT2D eigenvalue weighted by atomic mass is 19.1. The number of benzene rings is 1. The lowest BCUT2D eigenvalue weighted by Crippen LogP contribution is -2.50. The average molecular weight is 494 g/mol. The number of halogens is 1. The van der Waals surface area contributed by atoms with Gasteiger partial charge in [0.1, 0.15) is 23.8 Å². The second-order valence-corrected chi connectivity index (χ2v) is 9.02. The summed E-state index contributed by atoms with van der Waals surface area (Å²) in [4.78, 5) is 42.0. The Kier molecular flexibility index (Phi) is 7.54. The van der Waals surface area contributed by atoms with E-state index in [0.717, 1.165) is 0 Å². The zero-order chi connectivity index (χ0) is 25.8. The fraction of sp³-hybridized carbons (Fsp3) is 0.346.